The van der Waals surface area contributed by atoms with Crippen molar-refractivity contribution < 1.29 is 19.1 Å². The number of halogens is 1. The third-order valence-corrected chi connectivity index (χ3v) is 4.14. The van der Waals surface area contributed by atoms with E-state index in [0.717, 1.165) is 31.2 Å². The number of nitrogens with two attached hydrogens (primary N) is 1. The maximum absolute atomic E-state index is 12.9. The summed E-state index contributed by atoms with van der Waals surface area (Å²) in [6.07, 6.45) is 4.47. The Balaban J connectivity index is 1.73. The molecule has 0 spiro atoms. The molecule has 1 fully saturated rings. The summed E-state index contributed by atoms with van der Waals surface area (Å²) >= 11 is 0. The molecule has 0 radical (unpaired) electrons. The molecule has 122 valence electrons. The lowest BCUT2D eigenvalue weighted by Crippen LogP contribution is -2.39. The first-order valence-corrected chi connectivity index (χ1v) is 7.66. The van der Waals surface area contributed by atoms with Crippen LogP contribution in [-0.4, -0.2) is 28.4 Å². The maximum Gasteiger partial charge on any atom is 0.338 e. The van der Waals surface area contributed by atoms with Gasteiger partial charge in [-0.15, -0.1) is 0 Å². The van der Waals surface area contributed by atoms with Crippen LogP contribution >= 0.6 is 0 Å². The molecule has 1 aromatic rings. The third-order valence-electron chi connectivity index (χ3n) is 4.14. The lowest BCUT2D eigenvalue weighted by molar-refractivity contribution is -0.0728. The number of amides is 2. The smallest absolute Gasteiger partial charge is 0.338 e. The fourth-order valence-corrected chi connectivity index (χ4v) is 2.82. The van der Waals surface area contributed by atoms with E-state index in [1.54, 1.807) is 19.1 Å². The molecule has 3 atom stereocenters. The number of hydrogen-bond donors (Lipinski definition) is 2. The molecule has 1 heterocycles. The highest BCUT2D eigenvalue weighted by atomic mass is 19.1. The molecule has 1 aromatic carbocycles. The van der Waals surface area contributed by atoms with Crippen molar-refractivity contribution in [1.82, 2.24) is 5.06 Å². The Morgan fingerprint density at radius 1 is 1.45 bits per heavy atom. The fourth-order valence-electron chi connectivity index (χ4n) is 2.82. The summed E-state index contributed by atoms with van der Waals surface area (Å²) in [6.45, 7) is 1.75. The zero-order valence-corrected chi connectivity index (χ0v) is 12.7. The quantitative estimate of drug-likeness (QED) is 0.625. The van der Waals surface area contributed by atoms with Gasteiger partial charge in [0.2, 0.25) is 0 Å². The minimum absolute atomic E-state index is 0.0305. The van der Waals surface area contributed by atoms with Crippen molar-refractivity contribution in [2.24, 2.45) is 5.73 Å². The van der Waals surface area contributed by atoms with E-state index >= 15 is 0 Å². The van der Waals surface area contributed by atoms with Crippen LogP contribution in [0.1, 0.15) is 50.7 Å². The van der Waals surface area contributed by atoms with Crippen LogP contribution < -0.4 is 5.73 Å². The predicted octanol–water partition coefficient (Wildman–Crippen LogP) is 3.37. The van der Waals surface area contributed by atoms with Gasteiger partial charge in [0.05, 0.1) is 18.2 Å². The van der Waals surface area contributed by atoms with Crippen molar-refractivity contribution in [2.75, 3.05) is 0 Å². The van der Waals surface area contributed by atoms with Gasteiger partial charge in [-0.3, -0.25) is 5.21 Å². The summed E-state index contributed by atoms with van der Waals surface area (Å²) in [5.41, 5.74) is 6.02. The molecular formula is C16H23FN2O3. The minimum atomic E-state index is -0.832. The average Bonchev–Trinajstić information content (AvgIpc) is 2.95. The first-order valence-electron chi connectivity index (χ1n) is 7.66. The van der Waals surface area contributed by atoms with Gasteiger partial charge < -0.3 is 10.5 Å². The molecule has 0 saturated carbocycles. The number of carbonyl (C=O) groups excluding carboxylic acids is 1. The normalized spacial score (nSPS) is 22.5. The Morgan fingerprint density at radius 2 is 2.14 bits per heavy atom. The molecule has 1 saturated heterocycles. The molecule has 6 heteroatoms. The second-order valence-electron chi connectivity index (χ2n) is 5.84. The van der Waals surface area contributed by atoms with E-state index in [2.05, 4.69) is 0 Å². The molecule has 1 aliphatic heterocycles. The molecule has 0 bridgehead atoms. The van der Waals surface area contributed by atoms with Crippen LogP contribution in [0.3, 0.4) is 0 Å². The van der Waals surface area contributed by atoms with Gasteiger partial charge in [0.25, 0.3) is 0 Å². The van der Waals surface area contributed by atoms with Crippen LogP contribution in [-0.2, 0) is 4.74 Å². The first-order chi connectivity index (χ1) is 10.5. The Kier molecular flexibility index (Phi) is 5.74. The molecule has 3 N–H and O–H groups in total. The van der Waals surface area contributed by atoms with Crippen molar-refractivity contribution in [3.8, 4) is 0 Å². The molecule has 1 aliphatic rings. The third kappa shape index (κ3) is 4.42. The summed E-state index contributed by atoms with van der Waals surface area (Å²) in [6, 6.07) is 5.30. The van der Waals surface area contributed by atoms with Gasteiger partial charge in [0.15, 0.2) is 0 Å². The summed E-state index contributed by atoms with van der Waals surface area (Å²) in [4.78, 5) is 10.8. The predicted molar refractivity (Wildman–Crippen MR) is 79.8 cm³/mol. The van der Waals surface area contributed by atoms with Crippen molar-refractivity contribution in [1.29, 1.82) is 0 Å². The lowest BCUT2D eigenvalue weighted by Gasteiger charge is -2.21. The molecule has 0 unspecified atom stereocenters. The highest BCUT2D eigenvalue weighted by molar-refractivity contribution is 5.70. The molecule has 0 aliphatic carbocycles. The Hall–Kier alpha value is -1.66. The second-order valence-corrected chi connectivity index (χ2v) is 5.84. The van der Waals surface area contributed by atoms with Crippen molar-refractivity contribution in [3.63, 3.8) is 0 Å². The summed E-state index contributed by atoms with van der Waals surface area (Å²) in [7, 11) is 0. The molecule has 5 nitrogen and oxygen atoms in total. The molecule has 22 heavy (non-hydrogen) atoms. The number of benzene rings is 1. The van der Waals surface area contributed by atoms with E-state index < -0.39 is 6.03 Å². The van der Waals surface area contributed by atoms with Gasteiger partial charge >= 0.3 is 6.03 Å². The van der Waals surface area contributed by atoms with E-state index in [-0.39, 0.29) is 24.1 Å². The van der Waals surface area contributed by atoms with Crippen LogP contribution in [0.25, 0.3) is 0 Å². The number of rotatable bonds is 6. The zero-order valence-electron chi connectivity index (χ0n) is 12.7. The Morgan fingerprint density at radius 3 is 2.77 bits per heavy atom. The molecule has 2 rings (SSSR count). The zero-order chi connectivity index (χ0) is 16.1. The van der Waals surface area contributed by atoms with Crippen LogP contribution in [0.2, 0.25) is 0 Å². The lowest BCUT2D eigenvalue weighted by atomic mass is 10.0. The number of nitrogens with zero attached hydrogens (tertiary/aromatic N) is 1. The standard InChI is InChI=1S/C16H23FN2O3/c1-11(19(21)16(18)20)3-2-4-14-9-10-15(22-14)12-5-7-13(17)8-6-12/h5-8,11,14-15,21H,2-4,9-10H2,1H3,(H2,18,20)/t11-,14+,15+/m1/s1. The minimum Gasteiger partial charge on any atom is -0.370 e. The molecular weight excluding hydrogens is 287 g/mol. The van der Waals surface area contributed by atoms with Crippen LogP contribution in [0, 0.1) is 5.82 Å². The van der Waals surface area contributed by atoms with E-state index in [1.807, 2.05) is 0 Å². The monoisotopic (exact) mass is 310 g/mol. The number of urea groups is 1. The molecule has 2 amide bonds. The average molecular weight is 310 g/mol. The largest absolute Gasteiger partial charge is 0.370 e. The van der Waals surface area contributed by atoms with Gasteiger partial charge in [-0.05, 0) is 56.7 Å². The Labute approximate surface area is 129 Å². The van der Waals surface area contributed by atoms with Crippen molar-refractivity contribution >= 4 is 6.03 Å². The van der Waals surface area contributed by atoms with Crippen LogP contribution in [0.4, 0.5) is 9.18 Å². The first kappa shape index (κ1) is 16.7. The summed E-state index contributed by atoms with van der Waals surface area (Å²) in [5, 5.41) is 9.96. The number of carbonyl (C=O) groups is 1. The van der Waals surface area contributed by atoms with E-state index in [0.29, 0.717) is 11.5 Å². The van der Waals surface area contributed by atoms with Gasteiger partial charge in [0, 0.05) is 0 Å². The van der Waals surface area contributed by atoms with E-state index in [4.69, 9.17) is 10.5 Å². The SMILES string of the molecule is C[C@H](CCC[C@H]1CC[C@@H](c2ccc(F)cc2)O1)N(O)C(N)=O. The van der Waals surface area contributed by atoms with Gasteiger partial charge in [-0.1, -0.05) is 12.1 Å². The molecule has 0 aromatic heterocycles. The van der Waals surface area contributed by atoms with Crippen molar-refractivity contribution in [3.05, 3.63) is 35.6 Å². The van der Waals surface area contributed by atoms with Gasteiger partial charge in [0.1, 0.15) is 5.82 Å². The summed E-state index contributed by atoms with van der Waals surface area (Å²) in [5.74, 6) is -0.240. The summed E-state index contributed by atoms with van der Waals surface area (Å²) < 4.78 is 18.9. The van der Waals surface area contributed by atoms with Crippen molar-refractivity contribution in [2.45, 2.75) is 57.3 Å². The Bertz CT molecular complexity index is 495. The highest BCUT2D eigenvalue weighted by Crippen LogP contribution is 2.34. The van der Waals surface area contributed by atoms with E-state index in [9.17, 15) is 14.4 Å². The highest BCUT2D eigenvalue weighted by Gasteiger charge is 2.26. The van der Waals surface area contributed by atoms with E-state index in [1.165, 1.54) is 12.1 Å². The number of primary amides is 1. The number of hydrogen-bond acceptors (Lipinski definition) is 3. The number of hydroxylamine groups is 2. The van der Waals surface area contributed by atoms with Gasteiger partial charge in [-0.2, -0.15) is 0 Å². The van der Waals surface area contributed by atoms with Crippen LogP contribution in [0.5, 0.6) is 0 Å². The second kappa shape index (κ2) is 7.56. The van der Waals surface area contributed by atoms with Gasteiger partial charge in [-0.25, -0.2) is 14.2 Å². The topological polar surface area (TPSA) is 75.8 Å². The fraction of sp³-hybridized carbons (Fsp3) is 0.562. The van der Waals surface area contributed by atoms with Crippen LogP contribution in [0.15, 0.2) is 24.3 Å². The number of ether oxygens (including phenoxy) is 1. The maximum atomic E-state index is 12.9.